The van der Waals surface area contributed by atoms with Gasteiger partial charge in [0.15, 0.2) is 11.6 Å². The molecule has 4 heteroatoms. The van der Waals surface area contributed by atoms with Gasteiger partial charge < -0.3 is 9.47 Å². The minimum Gasteiger partial charge on any atom is -0.497 e. The number of carbonyl (C=O) groups excluding carboxylic acids is 2. The van der Waals surface area contributed by atoms with Crippen molar-refractivity contribution in [3.63, 3.8) is 0 Å². The van der Waals surface area contributed by atoms with Gasteiger partial charge in [-0.15, -0.1) is 0 Å². The molecule has 0 amide bonds. The molecule has 1 aliphatic heterocycles. The fourth-order valence-electron chi connectivity index (χ4n) is 3.72. The van der Waals surface area contributed by atoms with Crippen LogP contribution in [-0.4, -0.2) is 25.3 Å². The highest BCUT2D eigenvalue weighted by Crippen LogP contribution is 2.43. The Morgan fingerprint density at radius 2 is 1.96 bits per heavy atom. The number of rotatable bonds is 7. The third kappa shape index (κ3) is 3.48. The van der Waals surface area contributed by atoms with Gasteiger partial charge in [-0.25, -0.2) is 0 Å². The van der Waals surface area contributed by atoms with E-state index < -0.39 is 0 Å². The highest BCUT2D eigenvalue weighted by atomic mass is 16.5. The molecule has 1 saturated carbocycles. The number of fused-ring (bicyclic) bond motifs is 1. The number of carbonyl (C=O) groups is 2. The predicted molar refractivity (Wildman–Crippen MR) is 103 cm³/mol. The molecule has 0 saturated heterocycles. The first-order valence-corrected chi connectivity index (χ1v) is 9.61. The number of benzene rings is 2. The Bertz CT molecular complexity index is 895. The van der Waals surface area contributed by atoms with Crippen molar-refractivity contribution in [1.29, 1.82) is 0 Å². The highest BCUT2D eigenvalue weighted by molar-refractivity contribution is 6.04. The van der Waals surface area contributed by atoms with Crippen LogP contribution in [-0.2, 0) is 0 Å². The number of Topliss-reactive ketones (excluding diaryl/α,β-unsaturated/α-hetero) is 2. The van der Waals surface area contributed by atoms with E-state index in [2.05, 4.69) is 0 Å². The Morgan fingerprint density at radius 1 is 1.15 bits per heavy atom. The first-order valence-electron chi connectivity index (χ1n) is 9.61. The maximum Gasteiger partial charge on any atom is 0.166 e. The summed E-state index contributed by atoms with van der Waals surface area (Å²) >= 11 is 0. The maximum absolute atomic E-state index is 12.7. The normalized spacial score (nSPS) is 17.9. The molecule has 1 fully saturated rings. The molecule has 0 bridgehead atoms. The molecule has 0 radical (unpaired) electrons. The van der Waals surface area contributed by atoms with Crippen LogP contribution in [0, 0.1) is 5.92 Å². The van der Waals surface area contributed by atoms with E-state index in [-0.39, 0.29) is 17.5 Å². The number of hydrogen-bond donors (Lipinski definition) is 0. The lowest BCUT2D eigenvalue weighted by atomic mass is 9.88. The molecule has 0 aromatic heterocycles. The van der Waals surface area contributed by atoms with Crippen molar-refractivity contribution in [2.45, 2.75) is 38.5 Å². The lowest BCUT2D eigenvalue weighted by Crippen LogP contribution is -2.07. The van der Waals surface area contributed by atoms with E-state index in [9.17, 15) is 9.59 Å². The molecule has 0 spiro atoms. The van der Waals surface area contributed by atoms with E-state index in [1.54, 1.807) is 13.2 Å². The lowest BCUT2D eigenvalue weighted by molar-refractivity contribution is 0.0976. The van der Waals surface area contributed by atoms with Crippen LogP contribution in [0.5, 0.6) is 11.5 Å². The van der Waals surface area contributed by atoms with E-state index in [0.717, 1.165) is 29.7 Å². The van der Waals surface area contributed by atoms with Gasteiger partial charge in [-0.1, -0.05) is 19.1 Å². The SMILES string of the molecule is CCC(=O)c1cc(C(=O)CC2CC2)cc2c1OCC2c1cccc(OC)c1. The molecular formula is C23H24O4. The minimum absolute atomic E-state index is 0.00724. The van der Waals surface area contributed by atoms with Crippen LogP contribution in [0.2, 0.25) is 0 Å². The van der Waals surface area contributed by atoms with Crippen LogP contribution in [0.3, 0.4) is 0 Å². The second-order valence-electron chi connectivity index (χ2n) is 7.43. The van der Waals surface area contributed by atoms with Gasteiger partial charge in [0.25, 0.3) is 0 Å². The van der Waals surface area contributed by atoms with Gasteiger partial charge in [0.1, 0.15) is 11.5 Å². The van der Waals surface area contributed by atoms with Crippen LogP contribution >= 0.6 is 0 Å². The highest BCUT2D eigenvalue weighted by Gasteiger charge is 2.32. The van der Waals surface area contributed by atoms with Gasteiger partial charge in [-0.2, -0.15) is 0 Å². The zero-order chi connectivity index (χ0) is 19.0. The smallest absolute Gasteiger partial charge is 0.166 e. The molecule has 4 rings (SSSR count). The van der Waals surface area contributed by atoms with Crippen LogP contribution in [0.1, 0.15) is 70.4 Å². The third-order valence-electron chi connectivity index (χ3n) is 5.50. The van der Waals surface area contributed by atoms with Crippen molar-refractivity contribution >= 4 is 11.6 Å². The first-order chi connectivity index (χ1) is 13.1. The molecule has 1 atom stereocenters. The van der Waals surface area contributed by atoms with Gasteiger partial charge in [-0.05, 0) is 48.6 Å². The first kappa shape index (κ1) is 17.8. The second-order valence-corrected chi connectivity index (χ2v) is 7.43. The maximum atomic E-state index is 12.7. The summed E-state index contributed by atoms with van der Waals surface area (Å²) in [7, 11) is 1.64. The quantitative estimate of drug-likeness (QED) is 0.663. The van der Waals surface area contributed by atoms with Gasteiger partial charge >= 0.3 is 0 Å². The predicted octanol–water partition coefficient (Wildman–Crippen LogP) is 4.80. The van der Waals surface area contributed by atoms with Crippen molar-refractivity contribution in [1.82, 2.24) is 0 Å². The van der Waals surface area contributed by atoms with E-state index >= 15 is 0 Å². The molecular weight excluding hydrogens is 340 g/mol. The van der Waals surface area contributed by atoms with Gasteiger partial charge in [0.05, 0.1) is 19.3 Å². The summed E-state index contributed by atoms with van der Waals surface area (Å²) < 4.78 is 11.3. The summed E-state index contributed by atoms with van der Waals surface area (Å²) in [6.45, 7) is 2.30. The van der Waals surface area contributed by atoms with E-state index in [1.807, 2.05) is 37.3 Å². The summed E-state index contributed by atoms with van der Waals surface area (Å²) in [6, 6.07) is 11.6. The van der Waals surface area contributed by atoms with Crippen molar-refractivity contribution in [3.8, 4) is 11.5 Å². The summed E-state index contributed by atoms with van der Waals surface area (Å²) in [5.74, 6) is 2.07. The molecule has 140 valence electrons. The number of hydrogen-bond acceptors (Lipinski definition) is 4. The molecule has 1 unspecified atom stereocenters. The monoisotopic (exact) mass is 364 g/mol. The second kappa shape index (κ2) is 7.18. The van der Waals surface area contributed by atoms with Crippen molar-refractivity contribution < 1.29 is 19.1 Å². The number of ether oxygens (including phenoxy) is 2. The summed E-state index contributed by atoms with van der Waals surface area (Å²) in [5.41, 5.74) is 3.17. The van der Waals surface area contributed by atoms with Crippen LogP contribution in [0.4, 0.5) is 0 Å². The molecule has 2 aromatic rings. The Kier molecular flexibility index (Phi) is 4.73. The zero-order valence-electron chi connectivity index (χ0n) is 15.8. The number of methoxy groups -OCH3 is 1. The largest absolute Gasteiger partial charge is 0.497 e. The van der Waals surface area contributed by atoms with E-state index in [4.69, 9.17) is 9.47 Å². The third-order valence-corrected chi connectivity index (χ3v) is 5.50. The Balaban J connectivity index is 1.77. The lowest BCUT2D eigenvalue weighted by Gasteiger charge is -2.13. The average molecular weight is 364 g/mol. The van der Waals surface area contributed by atoms with Crippen LogP contribution < -0.4 is 9.47 Å². The van der Waals surface area contributed by atoms with Crippen molar-refractivity contribution in [2.75, 3.05) is 13.7 Å². The molecule has 1 heterocycles. The van der Waals surface area contributed by atoms with Crippen molar-refractivity contribution in [2.24, 2.45) is 5.92 Å². The fourth-order valence-corrected chi connectivity index (χ4v) is 3.72. The molecule has 1 aliphatic carbocycles. The van der Waals surface area contributed by atoms with Gasteiger partial charge in [-0.3, -0.25) is 9.59 Å². The standard InChI is InChI=1S/C23H24O4/c1-3-21(24)19-12-16(22(25)9-14-7-8-14)11-18-20(13-27-23(18)19)15-5-4-6-17(10-15)26-2/h4-6,10-12,14,20H,3,7-9,13H2,1-2H3. The van der Waals surface area contributed by atoms with Gasteiger partial charge in [0.2, 0.25) is 0 Å². The molecule has 4 nitrogen and oxygen atoms in total. The van der Waals surface area contributed by atoms with E-state index in [1.165, 1.54) is 0 Å². The van der Waals surface area contributed by atoms with E-state index in [0.29, 0.717) is 42.2 Å². The summed E-state index contributed by atoms with van der Waals surface area (Å²) in [5, 5.41) is 0. The zero-order valence-corrected chi connectivity index (χ0v) is 15.8. The molecule has 2 aromatic carbocycles. The van der Waals surface area contributed by atoms with Crippen molar-refractivity contribution in [3.05, 3.63) is 58.7 Å². The molecule has 27 heavy (non-hydrogen) atoms. The summed E-state index contributed by atoms with van der Waals surface area (Å²) in [4.78, 5) is 25.2. The number of ketones is 2. The molecule has 2 aliphatic rings. The topological polar surface area (TPSA) is 52.6 Å². The van der Waals surface area contributed by atoms with Gasteiger partial charge in [0, 0.05) is 29.9 Å². The Morgan fingerprint density at radius 3 is 2.67 bits per heavy atom. The fraction of sp³-hybridized carbons (Fsp3) is 0.391. The Hall–Kier alpha value is -2.62. The van der Waals surface area contributed by atoms with Crippen LogP contribution in [0.15, 0.2) is 36.4 Å². The van der Waals surface area contributed by atoms with Crippen LogP contribution in [0.25, 0.3) is 0 Å². The Labute approximate surface area is 159 Å². The minimum atomic E-state index is -0.00724. The summed E-state index contributed by atoms with van der Waals surface area (Å²) in [6.07, 6.45) is 3.23. The average Bonchev–Trinajstić information content (AvgIpc) is 3.41. The molecule has 0 N–H and O–H groups in total.